The molecule has 2 aliphatic rings. The molecule has 2 aromatic rings. The number of fused-ring (bicyclic) bond motifs is 1. The maximum Gasteiger partial charge on any atom is 0.111 e. The van der Waals surface area contributed by atoms with Crippen LogP contribution in [-0.2, 0) is 6.42 Å². The zero-order chi connectivity index (χ0) is 14.4. The van der Waals surface area contributed by atoms with Crippen LogP contribution < -0.4 is 5.73 Å². The molecule has 2 N–H and O–H groups in total. The molecule has 1 aromatic carbocycles. The van der Waals surface area contributed by atoms with E-state index in [0.29, 0.717) is 6.04 Å². The van der Waals surface area contributed by atoms with Crippen LogP contribution in [0, 0.1) is 6.92 Å². The van der Waals surface area contributed by atoms with Crippen molar-refractivity contribution in [2.24, 2.45) is 5.73 Å². The second-order valence-electron chi connectivity index (χ2n) is 7.22. The highest BCUT2D eigenvalue weighted by Crippen LogP contribution is 2.40. The van der Waals surface area contributed by atoms with Gasteiger partial charge in [-0.15, -0.1) is 0 Å². The van der Waals surface area contributed by atoms with Gasteiger partial charge in [-0.3, -0.25) is 0 Å². The summed E-state index contributed by atoms with van der Waals surface area (Å²) in [6.07, 6.45) is 9.74. The Labute approximate surface area is 126 Å². The predicted molar refractivity (Wildman–Crippen MR) is 86.4 cm³/mol. The molecule has 112 valence electrons. The van der Waals surface area contributed by atoms with Crippen LogP contribution in [-0.4, -0.2) is 15.1 Å². The van der Waals surface area contributed by atoms with Crippen LogP contribution in [0.4, 0.5) is 0 Å². The van der Waals surface area contributed by atoms with E-state index >= 15 is 0 Å². The van der Waals surface area contributed by atoms with Crippen LogP contribution in [0.15, 0.2) is 18.2 Å². The molecule has 4 rings (SSSR count). The molecular formula is C18H25N3. The van der Waals surface area contributed by atoms with E-state index in [0.717, 1.165) is 24.8 Å². The Balaban J connectivity index is 1.75. The van der Waals surface area contributed by atoms with Crippen molar-refractivity contribution in [2.45, 2.75) is 69.9 Å². The number of rotatable bonds is 3. The van der Waals surface area contributed by atoms with Crippen molar-refractivity contribution in [3.05, 3.63) is 29.6 Å². The summed E-state index contributed by atoms with van der Waals surface area (Å²) >= 11 is 0. The summed E-state index contributed by atoms with van der Waals surface area (Å²) in [5, 5.41) is 0. The Hall–Kier alpha value is -1.35. The first-order valence-corrected chi connectivity index (χ1v) is 8.41. The van der Waals surface area contributed by atoms with E-state index in [4.69, 9.17) is 10.7 Å². The summed E-state index contributed by atoms with van der Waals surface area (Å²) < 4.78 is 2.48. The van der Waals surface area contributed by atoms with Crippen molar-refractivity contribution >= 4 is 11.0 Å². The Morgan fingerprint density at radius 3 is 2.71 bits per heavy atom. The fourth-order valence-electron chi connectivity index (χ4n) is 3.87. The minimum Gasteiger partial charge on any atom is -0.325 e. The number of nitrogens with zero attached hydrogens (tertiary/aromatic N) is 2. The van der Waals surface area contributed by atoms with Crippen molar-refractivity contribution in [3.63, 3.8) is 0 Å². The maximum atomic E-state index is 6.68. The lowest BCUT2D eigenvalue weighted by Crippen LogP contribution is -2.44. The van der Waals surface area contributed by atoms with Gasteiger partial charge in [-0.2, -0.15) is 0 Å². The van der Waals surface area contributed by atoms with Gasteiger partial charge in [-0.25, -0.2) is 4.98 Å². The molecule has 3 nitrogen and oxygen atoms in total. The van der Waals surface area contributed by atoms with Gasteiger partial charge in [0.15, 0.2) is 0 Å². The number of benzene rings is 1. The van der Waals surface area contributed by atoms with Gasteiger partial charge in [-0.05, 0) is 50.3 Å². The largest absolute Gasteiger partial charge is 0.325 e. The monoisotopic (exact) mass is 283 g/mol. The zero-order valence-corrected chi connectivity index (χ0v) is 12.9. The molecule has 1 aromatic heterocycles. The van der Waals surface area contributed by atoms with Crippen molar-refractivity contribution < 1.29 is 0 Å². The van der Waals surface area contributed by atoms with E-state index < -0.39 is 0 Å². The fraction of sp³-hybridized carbons (Fsp3) is 0.611. The number of hydrogen-bond acceptors (Lipinski definition) is 2. The quantitative estimate of drug-likeness (QED) is 0.929. The van der Waals surface area contributed by atoms with Gasteiger partial charge in [-0.1, -0.05) is 25.3 Å². The zero-order valence-electron chi connectivity index (χ0n) is 12.9. The van der Waals surface area contributed by atoms with Gasteiger partial charge in [0, 0.05) is 18.0 Å². The molecule has 2 fully saturated rings. The van der Waals surface area contributed by atoms with Crippen LogP contribution in [0.3, 0.4) is 0 Å². The standard InChI is InChI=1S/C18H25N3/c1-13-5-8-16-15(11-13)20-17(21(16)14-6-7-14)12-18(19)9-3-2-4-10-18/h5,8,11,14H,2-4,6-7,9-10,12,19H2,1H3. The Morgan fingerprint density at radius 2 is 2.00 bits per heavy atom. The van der Waals surface area contributed by atoms with Crippen LogP contribution >= 0.6 is 0 Å². The number of nitrogens with two attached hydrogens (primary N) is 1. The third-order valence-electron chi connectivity index (χ3n) is 5.19. The van der Waals surface area contributed by atoms with Crippen molar-refractivity contribution in [2.75, 3.05) is 0 Å². The summed E-state index contributed by atoms with van der Waals surface area (Å²) in [7, 11) is 0. The summed E-state index contributed by atoms with van der Waals surface area (Å²) in [6.45, 7) is 2.14. The fourth-order valence-corrected chi connectivity index (χ4v) is 3.87. The highest BCUT2D eigenvalue weighted by atomic mass is 15.1. The van der Waals surface area contributed by atoms with E-state index in [1.165, 1.54) is 49.0 Å². The third-order valence-corrected chi connectivity index (χ3v) is 5.19. The smallest absolute Gasteiger partial charge is 0.111 e. The molecule has 0 saturated heterocycles. The number of imidazole rings is 1. The van der Waals surface area contributed by atoms with Gasteiger partial charge < -0.3 is 10.3 Å². The molecular weight excluding hydrogens is 258 g/mol. The normalized spacial score (nSPS) is 21.8. The van der Waals surface area contributed by atoms with E-state index in [1.807, 2.05) is 0 Å². The molecule has 1 heterocycles. The third kappa shape index (κ3) is 2.48. The second kappa shape index (κ2) is 4.84. The van der Waals surface area contributed by atoms with Gasteiger partial charge in [0.1, 0.15) is 5.82 Å². The number of aryl methyl sites for hydroxylation is 1. The van der Waals surface area contributed by atoms with Crippen molar-refractivity contribution in [3.8, 4) is 0 Å². The molecule has 0 unspecified atom stereocenters. The van der Waals surface area contributed by atoms with Gasteiger partial charge >= 0.3 is 0 Å². The van der Waals surface area contributed by atoms with Crippen LogP contribution in [0.25, 0.3) is 11.0 Å². The first-order chi connectivity index (χ1) is 10.1. The van der Waals surface area contributed by atoms with E-state index in [9.17, 15) is 0 Å². The predicted octanol–water partition coefficient (Wildman–Crippen LogP) is 3.88. The summed E-state index contributed by atoms with van der Waals surface area (Å²) in [5.41, 5.74) is 10.4. The maximum absolute atomic E-state index is 6.68. The van der Waals surface area contributed by atoms with Crippen LogP contribution in [0.5, 0.6) is 0 Å². The topological polar surface area (TPSA) is 43.8 Å². The van der Waals surface area contributed by atoms with Crippen molar-refractivity contribution in [1.29, 1.82) is 0 Å². The summed E-state index contributed by atoms with van der Waals surface area (Å²) in [4.78, 5) is 4.96. The molecule has 21 heavy (non-hydrogen) atoms. The number of hydrogen-bond donors (Lipinski definition) is 1. The minimum absolute atomic E-state index is 0.0265. The van der Waals surface area contributed by atoms with Gasteiger partial charge in [0.2, 0.25) is 0 Å². The van der Waals surface area contributed by atoms with Gasteiger partial charge in [0.25, 0.3) is 0 Å². The Morgan fingerprint density at radius 1 is 1.24 bits per heavy atom. The number of aromatic nitrogens is 2. The SMILES string of the molecule is Cc1ccc2c(c1)nc(CC1(N)CCCCC1)n2C1CC1. The summed E-state index contributed by atoms with van der Waals surface area (Å²) in [5.74, 6) is 1.22. The molecule has 3 heteroatoms. The minimum atomic E-state index is -0.0265. The lowest BCUT2D eigenvalue weighted by atomic mass is 9.80. The molecule has 0 spiro atoms. The molecule has 0 bridgehead atoms. The highest BCUT2D eigenvalue weighted by Gasteiger charge is 2.33. The molecule has 0 atom stereocenters. The average molecular weight is 283 g/mol. The van der Waals surface area contributed by atoms with Crippen LogP contribution in [0.2, 0.25) is 0 Å². The van der Waals surface area contributed by atoms with E-state index in [1.54, 1.807) is 0 Å². The Bertz CT molecular complexity index is 660. The van der Waals surface area contributed by atoms with Crippen LogP contribution in [0.1, 0.15) is 62.4 Å². The lowest BCUT2D eigenvalue weighted by molar-refractivity contribution is 0.287. The molecule has 2 saturated carbocycles. The van der Waals surface area contributed by atoms with E-state index in [2.05, 4.69) is 29.7 Å². The van der Waals surface area contributed by atoms with Crippen molar-refractivity contribution in [1.82, 2.24) is 9.55 Å². The van der Waals surface area contributed by atoms with E-state index in [-0.39, 0.29) is 5.54 Å². The average Bonchev–Trinajstić information content (AvgIpc) is 3.21. The van der Waals surface area contributed by atoms with Gasteiger partial charge in [0.05, 0.1) is 11.0 Å². The highest BCUT2D eigenvalue weighted by molar-refractivity contribution is 5.77. The molecule has 0 amide bonds. The second-order valence-corrected chi connectivity index (χ2v) is 7.22. The first-order valence-electron chi connectivity index (χ1n) is 8.41. The molecule has 2 aliphatic carbocycles. The summed E-state index contributed by atoms with van der Waals surface area (Å²) in [6, 6.07) is 7.32. The molecule has 0 radical (unpaired) electrons. The first kappa shape index (κ1) is 13.3. The lowest BCUT2D eigenvalue weighted by Gasteiger charge is -2.33. The Kier molecular flexibility index (Phi) is 3.07. The molecule has 0 aliphatic heterocycles.